The summed E-state index contributed by atoms with van der Waals surface area (Å²) in [5, 5.41) is 5.11. The first-order chi connectivity index (χ1) is 27.7. The van der Waals surface area contributed by atoms with Gasteiger partial charge in [0.1, 0.15) is 0 Å². The lowest BCUT2D eigenvalue weighted by Gasteiger charge is -2.16. The van der Waals surface area contributed by atoms with Crippen molar-refractivity contribution in [2.45, 2.75) is 0 Å². The third-order valence-electron chi connectivity index (χ3n) is 10.7. The monoisotopic (exact) mass is 748 g/mol. The Balaban J connectivity index is 1.17. The first-order valence-corrected chi connectivity index (χ1v) is 20.4. The molecule has 0 fully saturated rings. The van der Waals surface area contributed by atoms with E-state index in [4.69, 9.17) is 9.97 Å². The summed E-state index contributed by atoms with van der Waals surface area (Å²) in [7, 11) is 0. The van der Waals surface area contributed by atoms with Crippen LogP contribution >= 0.6 is 22.7 Å². The van der Waals surface area contributed by atoms with Crippen LogP contribution in [0.25, 0.3) is 108 Å². The van der Waals surface area contributed by atoms with Crippen molar-refractivity contribution in [3.8, 4) is 67.3 Å². The summed E-state index contributed by atoms with van der Waals surface area (Å²) in [6.07, 6.45) is 0. The Bertz CT molecular complexity index is 3250. The topological polar surface area (TPSA) is 25.8 Å². The summed E-state index contributed by atoms with van der Waals surface area (Å²) in [4.78, 5) is 10.6. The zero-order valence-electron chi connectivity index (χ0n) is 30.2. The molecule has 0 aliphatic heterocycles. The molecule has 0 bridgehead atoms. The molecule has 3 aromatic heterocycles. The fourth-order valence-corrected chi connectivity index (χ4v) is 10.3. The normalized spacial score (nSPS) is 11.6. The molecule has 0 atom stereocenters. The average molecular weight is 749 g/mol. The van der Waals surface area contributed by atoms with Crippen molar-refractivity contribution in [2.24, 2.45) is 0 Å². The maximum absolute atomic E-state index is 5.34. The van der Waals surface area contributed by atoms with Gasteiger partial charge in [-0.2, -0.15) is 0 Å². The highest BCUT2D eigenvalue weighted by molar-refractivity contribution is 7.26. The van der Waals surface area contributed by atoms with Gasteiger partial charge in [0.2, 0.25) is 0 Å². The summed E-state index contributed by atoms with van der Waals surface area (Å²) in [6, 6.07) is 69.8. The second-order valence-corrected chi connectivity index (χ2v) is 16.3. The minimum atomic E-state index is 0.705. The van der Waals surface area contributed by atoms with E-state index in [1.165, 1.54) is 62.6 Å². The maximum atomic E-state index is 5.34. The molecule has 0 radical (unpaired) electrons. The van der Waals surface area contributed by atoms with Crippen LogP contribution in [0.15, 0.2) is 194 Å². The van der Waals surface area contributed by atoms with Crippen LogP contribution in [0.4, 0.5) is 0 Å². The molecular formula is C52H32N2S2. The van der Waals surface area contributed by atoms with E-state index in [9.17, 15) is 0 Å². The van der Waals surface area contributed by atoms with E-state index < -0.39 is 0 Å². The second kappa shape index (κ2) is 13.5. The van der Waals surface area contributed by atoms with Gasteiger partial charge >= 0.3 is 0 Å². The Hall–Kier alpha value is -6.72. The number of fused-ring (bicyclic) bond motifs is 6. The van der Waals surface area contributed by atoms with Gasteiger partial charge in [0.15, 0.2) is 5.82 Å². The van der Waals surface area contributed by atoms with E-state index in [-0.39, 0.29) is 0 Å². The van der Waals surface area contributed by atoms with Crippen LogP contribution in [0.5, 0.6) is 0 Å². The highest BCUT2D eigenvalue weighted by Crippen LogP contribution is 2.44. The number of hydrogen-bond acceptors (Lipinski definition) is 4. The van der Waals surface area contributed by atoms with Gasteiger partial charge < -0.3 is 0 Å². The van der Waals surface area contributed by atoms with Gasteiger partial charge in [-0.1, -0.05) is 146 Å². The van der Waals surface area contributed by atoms with Gasteiger partial charge in [-0.15, -0.1) is 22.7 Å². The molecule has 4 heteroatoms. The number of aromatic nitrogens is 2. The molecule has 0 unspecified atom stereocenters. The summed E-state index contributed by atoms with van der Waals surface area (Å²) < 4.78 is 5.15. The highest BCUT2D eigenvalue weighted by atomic mass is 32.1. The van der Waals surface area contributed by atoms with Crippen molar-refractivity contribution in [3.05, 3.63) is 194 Å². The third-order valence-corrected chi connectivity index (χ3v) is 13.1. The molecule has 0 aliphatic carbocycles. The molecule has 0 aliphatic rings. The Labute approximate surface area is 332 Å². The van der Waals surface area contributed by atoms with Crippen LogP contribution in [0, 0.1) is 0 Å². The van der Waals surface area contributed by atoms with Crippen LogP contribution in [-0.2, 0) is 0 Å². The smallest absolute Gasteiger partial charge is 0.160 e. The Morgan fingerprint density at radius 1 is 0.286 bits per heavy atom. The molecule has 0 saturated carbocycles. The molecule has 3 heterocycles. The minimum Gasteiger partial charge on any atom is -0.228 e. The molecule has 0 N–H and O–H groups in total. The average Bonchev–Trinajstić information content (AvgIpc) is 3.85. The maximum Gasteiger partial charge on any atom is 0.160 e. The van der Waals surface area contributed by atoms with Crippen molar-refractivity contribution in [3.63, 3.8) is 0 Å². The van der Waals surface area contributed by atoms with E-state index in [1.807, 2.05) is 28.7 Å². The highest BCUT2D eigenvalue weighted by Gasteiger charge is 2.18. The molecule has 0 spiro atoms. The van der Waals surface area contributed by atoms with Crippen LogP contribution in [0.1, 0.15) is 0 Å². The number of thiophene rings is 2. The molecular weight excluding hydrogens is 717 g/mol. The van der Waals surface area contributed by atoms with Crippen LogP contribution in [0.3, 0.4) is 0 Å². The summed E-state index contributed by atoms with van der Waals surface area (Å²) >= 11 is 3.70. The third kappa shape index (κ3) is 5.70. The van der Waals surface area contributed by atoms with E-state index in [0.717, 1.165) is 39.2 Å². The molecule has 262 valence electrons. The molecule has 8 aromatic carbocycles. The van der Waals surface area contributed by atoms with Gasteiger partial charge in [0.05, 0.1) is 11.4 Å². The second-order valence-electron chi connectivity index (χ2n) is 14.1. The quantitative estimate of drug-likeness (QED) is 0.169. The Morgan fingerprint density at radius 3 is 1.55 bits per heavy atom. The van der Waals surface area contributed by atoms with Crippen LogP contribution in [-0.4, -0.2) is 9.97 Å². The van der Waals surface area contributed by atoms with Crippen molar-refractivity contribution < 1.29 is 0 Å². The fourth-order valence-electron chi connectivity index (χ4n) is 8.01. The number of nitrogens with zero attached hydrogens (tertiary/aromatic N) is 2. The predicted molar refractivity (Wildman–Crippen MR) is 240 cm³/mol. The SMILES string of the molecule is c1ccc(-c2nc(-c3cc(-c4ccccc4-c4ccccc4)cc(-c4cccc5c4sc4ccccc45)c3)cc(-c3ccc4sc5ccccc5c4c3)n2)cc1. The van der Waals surface area contributed by atoms with Crippen molar-refractivity contribution in [2.75, 3.05) is 0 Å². The van der Waals surface area contributed by atoms with E-state index in [2.05, 4.69) is 188 Å². The molecule has 0 saturated heterocycles. The zero-order valence-corrected chi connectivity index (χ0v) is 31.8. The van der Waals surface area contributed by atoms with Gasteiger partial charge in [-0.3, -0.25) is 0 Å². The largest absolute Gasteiger partial charge is 0.228 e. The van der Waals surface area contributed by atoms with E-state index in [1.54, 1.807) is 0 Å². The van der Waals surface area contributed by atoms with Crippen molar-refractivity contribution >= 4 is 63.0 Å². The fraction of sp³-hybridized carbons (Fsp3) is 0. The van der Waals surface area contributed by atoms with Crippen molar-refractivity contribution in [1.29, 1.82) is 0 Å². The first-order valence-electron chi connectivity index (χ1n) is 18.8. The predicted octanol–water partition coefficient (Wildman–Crippen LogP) is 15.2. The molecule has 0 amide bonds. The summed E-state index contributed by atoms with van der Waals surface area (Å²) in [5.74, 6) is 0.705. The van der Waals surface area contributed by atoms with Crippen LogP contribution in [0.2, 0.25) is 0 Å². The summed E-state index contributed by atoms with van der Waals surface area (Å²) in [6.45, 7) is 0. The number of hydrogen-bond donors (Lipinski definition) is 0. The molecule has 2 nitrogen and oxygen atoms in total. The lowest BCUT2D eigenvalue weighted by molar-refractivity contribution is 1.18. The first kappa shape index (κ1) is 32.7. The minimum absolute atomic E-state index is 0.705. The van der Waals surface area contributed by atoms with Gasteiger partial charge in [0, 0.05) is 57.0 Å². The van der Waals surface area contributed by atoms with Crippen molar-refractivity contribution in [1.82, 2.24) is 9.97 Å². The van der Waals surface area contributed by atoms with Gasteiger partial charge in [-0.05, 0) is 81.9 Å². The number of rotatable bonds is 6. The lowest BCUT2D eigenvalue weighted by Crippen LogP contribution is -1.97. The standard InChI is InChI=1S/C52H32N2S2/c1-3-14-33(15-4-1)39-18-7-8-19-40(39)36-28-37(41-22-13-23-44-42-20-9-12-25-49(42)56-51(41)44)30-38(29-36)47-32-46(53-52(54-47)34-16-5-2-6-17-34)35-26-27-50-45(31-35)43-21-10-11-24-48(43)55-50/h1-32H. The van der Waals surface area contributed by atoms with Gasteiger partial charge in [-0.25, -0.2) is 9.97 Å². The zero-order chi connectivity index (χ0) is 37.0. The molecule has 11 aromatic rings. The lowest BCUT2D eigenvalue weighted by atomic mass is 9.90. The Kier molecular flexibility index (Phi) is 7.90. The molecule has 56 heavy (non-hydrogen) atoms. The number of benzene rings is 8. The Morgan fingerprint density at radius 2 is 0.804 bits per heavy atom. The van der Waals surface area contributed by atoms with E-state index in [0.29, 0.717) is 5.82 Å². The van der Waals surface area contributed by atoms with Gasteiger partial charge in [0.25, 0.3) is 0 Å². The molecule has 11 rings (SSSR count). The summed E-state index contributed by atoms with van der Waals surface area (Å²) in [5.41, 5.74) is 12.0. The van der Waals surface area contributed by atoms with Crippen LogP contribution < -0.4 is 0 Å². The van der Waals surface area contributed by atoms with E-state index >= 15 is 0 Å².